The Balaban J connectivity index is 2.33. The number of allylic oxidation sites excluding steroid dienone is 3. The van der Waals surface area contributed by atoms with Gasteiger partial charge in [0.1, 0.15) is 0 Å². The second-order valence-corrected chi connectivity index (χ2v) is 6.30. The van der Waals surface area contributed by atoms with Crippen molar-refractivity contribution >= 4 is 11.1 Å². The van der Waals surface area contributed by atoms with E-state index in [1.165, 1.54) is 39.0 Å². The van der Waals surface area contributed by atoms with E-state index in [4.69, 9.17) is 0 Å². The molecule has 0 nitrogen and oxygen atoms in total. The molecule has 0 atom stereocenters. The second-order valence-electron chi connectivity index (χ2n) is 6.30. The lowest BCUT2D eigenvalue weighted by Crippen LogP contribution is -1.95. The maximum absolute atomic E-state index is 4.05. The maximum atomic E-state index is 4.05. The molecule has 0 fully saturated rings. The van der Waals surface area contributed by atoms with Gasteiger partial charge in [-0.25, -0.2) is 0 Å². The van der Waals surface area contributed by atoms with Crippen molar-refractivity contribution in [3.8, 4) is 0 Å². The molecular formula is C22H26. The van der Waals surface area contributed by atoms with Crippen LogP contribution in [0.5, 0.6) is 0 Å². The molecule has 22 heavy (non-hydrogen) atoms. The zero-order valence-corrected chi connectivity index (χ0v) is 14.5. The third kappa shape index (κ3) is 3.76. The molecule has 0 saturated carbocycles. The predicted molar refractivity (Wildman–Crippen MR) is 99.2 cm³/mol. The van der Waals surface area contributed by atoms with Crippen LogP contribution >= 0.6 is 0 Å². The Hall–Kier alpha value is -2.08. The summed E-state index contributed by atoms with van der Waals surface area (Å²) in [6, 6.07) is 13.5. The van der Waals surface area contributed by atoms with Crippen molar-refractivity contribution in [1.82, 2.24) is 0 Å². The standard InChI is InChI=1S/C22H26/c1-7-20(14-19-11-16(4)10-17(5)12-19)21-8-9-22(15(2)3)18(6)13-21/h7-13H,2,14H2,1,3-6H3/b20-7+. The highest BCUT2D eigenvalue weighted by Crippen LogP contribution is 2.25. The number of aryl methyl sites for hydroxylation is 3. The third-order valence-corrected chi connectivity index (χ3v) is 4.08. The van der Waals surface area contributed by atoms with Gasteiger partial charge in [-0.1, -0.05) is 65.8 Å². The second kappa shape index (κ2) is 6.79. The van der Waals surface area contributed by atoms with Gasteiger partial charge in [-0.15, -0.1) is 0 Å². The lowest BCUT2D eigenvalue weighted by atomic mass is 9.92. The average Bonchev–Trinajstić information content (AvgIpc) is 2.43. The highest BCUT2D eigenvalue weighted by Gasteiger charge is 2.06. The molecule has 0 N–H and O–H groups in total. The number of hydrogen-bond donors (Lipinski definition) is 0. The lowest BCUT2D eigenvalue weighted by Gasteiger charge is -2.13. The molecule has 0 aliphatic carbocycles. The Bertz CT molecular complexity index is 709. The van der Waals surface area contributed by atoms with Gasteiger partial charge in [0.25, 0.3) is 0 Å². The molecule has 0 bridgehead atoms. The molecule has 0 radical (unpaired) electrons. The normalized spacial score (nSPS) is 11.6. The van der Waals surface area contributed by atoms with Crippen molar-refractivity contribution < 1.29 is 0 Å². The SMILES string of the molecule is C=C(C)c1ccc(/C(=C/C)Cc2cc(C)cc(C)c2)cc1C. The molecule has 0 heterocycles. The van der Waals surface area contributed by atoms with Gasteiger partial charge >= 0.3 is 0 Å². The van der Waals surface area contributed by atoms with Crippen LogP contribution in [-0.4, -0.2) is 0 Å². The minimum Gasteiger partial charge on any atom is -0.0955 e. The Morgan fingerprint density at radius 1 is 1.00 bits per heavy atom. The summed E-state index contributed by atoms with van der Waals surface area (Å²) < 4.78 is 0. The fraction of sp³-hybridized carbons (Fsp3) is 0.273. The van der Waals surface area contributed by atoms with Crippen molar-refractivity contribution in [2.24, 2.45) is 0 Å². The van der Waals surface area contributed by atoms with Crippen LogP contribution in [0.1, 0.15) is 47.2 Å². The van der Waals surface area contributed by atoms with E-state index < -0.39 is 0 Å². The van der Waals surface area contributed by atoms with Crippen LogP contribution < -0.4 is 0 Å². The first kappa shape index (κ1) is 16.3. The highest BCUT2D eigenvalue weighted by atomic mass is 14.1. The molecular weight excluding hydrogens is 264 g/mol. The minimum atomic E-state index is 0.977. The van der Waals surface area contributed by atoms with E-state index in [1.807, 2.05) is 0 Å². The van der Waals surface area contributed by atoms with E-state index in [1.54, 1.807) is 0 Å². The summed E-state index contributed by atoms with van der Waals surface area (Å²) in [6.07, 6.45) is 3.21. The van der Waals surface area contributed by atoms with Crippen molar-refractivity contribution in [2.75, 3.05) is 0 Å². The van der Waals surface area contributed by atoms with Gasteiger partial charge in [-0.3, -0.25) is 0 Å². The Morgan fingerprint density at radius 2 is 1.64 bits per heavy atom. The first-order valence-corrected chi connectivity index (χ1v) is 7.90. The first-order chi connectivity index (χ1) is 10.4. The summed E-state index contributed by atoms with van der Waals surface area (Å²) in [5.41, 5.74) is 10.4. The Labute approximate surface area is 135 Å². The Kier molecular flexibility index (Phi) is 5.03. The van der Waals surface area contributed by atoms with Gasteiger partial charge in [-0.05, 0) is 68.9 Å². The van der Waals surface area contributed by atoms with Crippen molar-refractivity contribution in [3.63, 3.8) is 0 Å². The van der Waals surface area contributed by atoms with Crippen LogP contribution in [0.2, 0.25) is 0 Å². The molecule has 0 unspecified atom stereocenters. The molecule has 0 amide bonds. The summed E-state index contributed by atoms with van der Waals surface area (Å²) >= 11 is 0. The molecule has 0 saturated heterocycles. The summed E-state index contributed by atoms with van der Waals surface area (Å²) in [5, 5.41) is 0. The monoisotopic (exact) mass is 290 g/mol. The molecule has 0 aliphatic rings. The van der Waals surface area contributed by atoms with E-state index in [0.717, 1.165) is 12.0 Å². The fourth-order valence-corrected chi connectivity index (χ4v) is 3.10. The first-order valence-electron chi connectivity index (χ1n) is 7.90. The third-order valence-electron chi connectivity index (χ3n) is 4.08. The number of rotatable bonds is 4. The van der Waals surface area contributed by atoms with Crippen molar-refractivity contribution in [3.05, 3.63) is 82.4 Å². The van der Waals surface area contributed by atoms with Gasteiger partial charge in [0, 0.05) is 0 Å². The van der Waals surface area contributed by atoms with Crippen molar-refractivity contribution in [1.29, 1.82) is 0 Å². The van der Waals surface area contributed by atoms with Gasteiger partial charge < -0.3 is 0 Å². The summed E-state index contributed by atoms with van der Waals surface area (Å²) in [6.45, 7) is 14.7. The molecule has 114 valence electrons. The number of benzene rings is 2. The average molecular weight is 290 g/mol. The molecule has 0 aromatic heterocycles. The molecule has 0 aliphatic heterocycles. The zero-order chi connectivity index (χ0) is 16.3. The van der Waals surface area contributed by atoms with E-state index in [-0.39, 0.29) is 0 Å². The maximum Gasteiger partial charge on any atom is -0.00229 e. The summed E-state index contributed by atoms with van der Waals surface area (Å²) in [7, 11) is 0. The van der Waals surface area contributed by atoms with Gasteiger partial charge in [-0.2, -0.15) is 0 Å². The summed E-state index contributed by atoms with van der Waals surface area (Å²) in [4.78, 5) is 0. The van der Waals surface area contributed by atoms with Crippen LogP contribution in [0.15, 0.2) is 49.1 Å². The molecule has 0 spiro atoms. The topological polar surface area (TPSA) is 0 Å². The lowest BCUT2D eigenvalue weighted by molar-refractivity contribution is 1.22. The highest BCUT2D eigenvalue weighted by molar-refractivity contribution is 5.72. The van der Waals surface area contributed by atoms with E-state index in [9.17, 15) is 0 Å². The molecule has 2 aromatic rings. The largest absolute Gasteiger partial charge is 0.0955 e. The van der Waals surface area contributed by atoms with Crippen LogP contribution in [0.3, 0.4) is 0 Å². The van der Waals surface area contributed by atoms with Crippen LogP contribution in [0, 0.1) is 20.8 Å². The van der Waals surface area contributed by atoms with Gasteiger partial charge in [0.2, 0.25) is 0 Å². The van der Waals surface area contributed by atoms with E-state index in [2.05, 4.69) is 83.7 Å². The van der Waals surface area contributed by atoms with Gasteiger partial charge in [0.15, 0.2) is 0 Å². The number of hydrogen-bond acceptors (Lipinski definition) is 0. The van der Waals surface area contributed by atoms with E-state index in [0.29, 0.717) is 0 Å². The zero-order valence-electron chi connectivity index (χ0n) is 14.5. The predicted octanol–water partition coefficient (Wildman–Crippen LogP) is 6.29. The molecule has 0 heteroatoms. The minimum absolute atomic E-state index is 0.977. The quantitative estimate of drug-likeness (QED) is 0.620. The fourth-order valence-electron chi connectivity index (χ4n) is 3.10. The van der Waals surface area contributed by atoms with E-state index >= 15 is 0 Å². The summed E-state index contributed by atoms with van der Waals surface area (Å²) in [5.74, 6) is 0. The van der Waals surface area contributed by atoms with Crippen molar-refractivity contribution in [2.45, 2.75) is 41.0 Å². The molecule has 2 rings (SSSR count). The van der Waals surface area contributed by atoms with Crippen LogP contribution in [0.4, 0.5) is 0 Å². The smallest absolute Gasteiger partial charge is 0.00229 e. The molecule has 2 aromatic carbocycles. The van der Waals surface area contributed by atoms with Crippen LogP contribution in [-0.2, 0) is 6.42 Å². The Morgan fingerprint density at radius 3 is 2.14 bits per heavy atom. The van der Waals surface area contributed by atoms with Crippen LogP contribution in [0.25, 0.3) is 11.1 Å². The van der Waals surface area contributed by atoms with Gasteiger partial charge in [0.05, 0.1) is 0 Å².